The van der Waals surface area contributed by atoms with E-state index in [0.29, 0.717) is 11.3 Å². The molecule has 1 aliphatic heterocycles. The van der Waals surface area contributed by atoms with Crippen molar-refractivity contribution in [2.24, 2.45) is 0 Å². The molecule has 0 atom stereocenters. The van der Waals surface area contributed by atoms with Crippen molar-refractivity contribution in [1.29, 1.82) is 0 Å². The first-order valence-electron chi connectivity index (χ1n) is 9.93. The number of hydrogen-bond acceptors (Lipinski definition) is 7. The maximum Gasteiger partial charge on any atom is 0.339 e. The third-order valence-corrected chi connectivity index (χ3v) is 7.73. The summed E-state index contributed by atoms with van der Waals surface area (Å²) in [6.07, 6.45) is 1.55. The first kappa shape index (κ1) is 24.3. The molecule has 0 bridgehead atoms. The van der Waals surface area contributed by atoms with Crippen molar-refractivity contribution in [2.75, 3.05) is 7.11 Å². The van der Waals surface area contributed by atoms with Crippen molar-refractivity contribution in [1.82, 2.24) is 4.90 Å². The molecule has 0 N–H and O–H groups in total. The second-order valence-electron chi connectivity index (χ2n) is 7.18. The number of methoxy groups -OCH3 is 1. The van der Waals surface area contributed by atoms with Gasteiger partial charge in [-0.1, -0.05) is 24.3 Å². The zero-order valence-electron chi connectivity index (χ0n) is 17.8. The molecule has 34 heavy (non-hydrogen) atoms. The molecule has 3 aromatic rings. The minimum atomic E-state index is -4.06. The van der Waals surface area contributed by atoms with E-state index >= 15 is 0 Å². The predicted octanol–water partition coefficient (Wildman–Crippen LogP) is 5.30. The summed E-state index contributed by atoms with van der Waals surface area (Å²) in [6, 6.07) is 19.7. The van der Waals surface area contributed by atoms with Crippen LogP contribution in [0.4, 0.5) is 4.79 Å². The van der Waals surface area contributed by atoms with Gasteiger partial charge in [-0.3, -0.25) is 14.5 Å². The molecule has 1 heterocycles. The third kappa shape index (κ3) is 5.62. The van der Waals surface area contributed by atoms with E-state index in [9.17, 15) is 18.0 Å². The first-order valence-corrected chi connectivity index (χ1v) is 13.2. The first-order chi connectivity index (χ1) is 16.2. The summed E-state index contributed by atoms with van der Waals surface area (Å²) in [6.45, 7) is 0.183. The van der Waals surface area contributed by atoms with Gasteiger partial charge >= 0.3 is 10.1 Å². The summed E-state index contributed by atoms with van der Waals surface area (Å²) >= 11 is 3.03. The van der Waals surface area contributed by atoms with E-state index in [1.807, 2.05) is 24.3 Å². The number of rotatable bonds is 7. The smallest absolute Gasteiger partial charge is 0.339 e. The zero-order valence-corrected chi connectivity index (χ0v) is 21.6. The molecule has 0 spiro atoms. The Labute approximate surface area is 215 Å². The SMILES string of the molecule is COc1ccc(S(=O)(=O)Oc2cccc(/C=C3\SC(=O)N(Cc4ccc(I)cc4)C3=O)c2)cc1. The number of halogens is 1. The number of hydrogen-bond donors (Lipinski definition) is 0. The van der Waals surface area contributed by atoms with Gasteiger partial charge in [0.05, 0.1) is 18.6 Å². The minimum absolute atomic E-state index is 0.0181. The van der Waals surface area contributed by atoms with Gasteiger partial charge in [-0.05, 0) is 100 Å². The lowest BCUT2D eigenvalue weighted by atomic mass is 10.2. The highest BCUT2D eigenvalue weighted by molar-refractivity contribution is 14.1. The predicted molar refractivity (Wildman–Crippen MR) is 138 cm³/mol. The Bertz CT molecular complexity index is 1370. The number of imide groups is 1. The van der Waals surface area contributed by atoms with Crippen LogP contribution in [0, 0.1) is 3.57 Å². The standard InChI is InChI=1S/C24H18INO6S2/c1-31-19-9-11-21(12-10-19)34(29,30)32-20-4-2-3-17(13-20)14-22-23(27)26(24(28)33-22)15-16-5-7-18(25)8-6-16/h2-14H,15H2,1H3/b22-14-. The summed E-state index contributed by atoms with van der Waals surface area (Å²) in [5, 5.41) is -0.357. The highest BCUT2D eigenvalue weighted by Crippen LogP contribution is 2.34. The van der Waals surface area contributed by atoms with Crippen molar-refractivity contribution in [3.63, 3.8) is 0 Å². The van der Waals surface area contributed by atoms with Gasteiger partial charge < -0.3 is 8.92 Å². The van der Waals surface area contributed by atoms with Crippen molar-refractivity contribution in [2.45, 2.75) is 11.4 Å². The summed E-state index contributed by atoms with van der Waals surface area (Å²) in [7, 11) is -2.57. The van der Waals surface area contributed by atoms with Gasteiger partial charge in [0.1, 0.15) is 16.4 Å². The number of amides is 2. The third-order valence-electron chi connectivity index (χ3n) is 4.84. The lowest BCUT2D eigenvalue weighted by molar-refractivity contribution is -0.123. The van der Waals surface area contributed by atoms with Gasteiger partial charge in [-0.25, -0.2) is 0 Å². The van der Waals surface area contributed by atoms with Crippen molar-refractivity contribution < 1.29 is 26.9 Å². The van der Waals surface area contributed by atoms with Crippen LogP contribution in [0.3, 0.4) is 0 Å². The molecule has 0 aliphatic carbocycles. The number of carbonyl (C=O) groups is 2. The van der Waals surface area contributed by atoms with Crippen LogP contribution in [-0.2, 0) is 21.5 Å². The van der Waals surface area contributed by atoms with Crippen LogP contribution in [0.5, 0.6) is 11.5 Å². The van der Waals surface area contributed by atoms with Crippen LogP contribution in [0.1, 0.15) is 11.1 Å². The number of ether oxygens (including phenoxy) is 1. The molecule has 1 aliphatic rings. The fraction of sp³-hybridized carbons (Fsp3) is 0.0833. The quantitative estimate of drug-likeness (QED) is 0.205. The van der Waals surface area contributed by atoms with Crippen LogP contribution < -0.4 is 8.92 Å². The number of carbonyl (C=O) groups excluding carboxylic acids is 2. The molecule has 0 radical (unpaired) electrons. The lowest BCUT2D eigenvalue weighted by Crippen LogP contribution is -2.27. The van der Waals surface area contributed by atoms with Gasteiger partial charge in [-0.15, -0.1) is 0 Å². The Hall–Kier alpha value is -2.83. The molecule has 4 rings (SSSR count). The van der Waals surface area contributed by atoms with Crippen LogP contribution in [0.15, 0.2) is 82.6 Å². The Balaban J connectivity index is 1.51. The monoisotopic (exact) mass is 607 g/mol. The summed E-state index contributed by atoms with van der Waals surface area (Å²) < 4.78 is 36.6. The second-order valence-corrected chi connectivity index (χ2v) is 11.0. The van der Waals surface area contributed by atoms with Gasteiger partial charge in [-0.2, -0.15) is 8.42 Å². The molecular formula is C24H18INO6S2. The van der Waals surface area contributed by atoms with Gasteiger partial charge in [0.15, 0.2) is 0 Å². The largest absolute Gasteiger partial charge is 0.497 e. The molecule has 0 aromatic heterocycles. The fourth-order valence-electron chi connectivity index (χ4n) is 3.13. The van der Waals surface area contributed by atoms with E-state index in [1.54, 1.807) is 18.2 Å². The van der Waals surface area contributed by atoms with Gasteiger partial charge in [0.25, 0.3) is 11.1 Å². The number of thioether (sulfide) groups is 1. The zero-order chi connectivity index (χ0) is 24.3. The molecule has 174 valence electrons. The maximum absolute atomic E-state index is 12.8. The van der Waals surface area contributed by atoms with Crippen molar-refractivity contribution in [3.05, 3.63) is 92.4 Å². The van der Waals surface area contributed by atoms with E-state index in [0.717, 1.165) is 20.9 Å². The normalized spacial score (nSPS) is 15.1. The molecule has 2 amide bonds. The molecule has 10 heteroatoms. The Morgan fingerprint density at radius 1 is 0.971 bits per heavy atom. The Morgan fingerprint density at radius 3 is 2.35 bits per heavy atom. The summed E-state index contributed by atoms with van der Waals surface area (Å²) in [5.74, 6) is 0.213. The van der Waals surface area contributed by atoms with E-state index in [1.165, 1.54) is 48.4 Å². The summed E-state index contributed by atoms with van der Waals surface area (Å²) in [4.78, 5) is 26.7. The minimum Gasteiger partial charge on any atom is -0.497 e. The number of benzene rings is 3. The lowest BCUT2D eigenvalue weighted by Gasteiger charge is -2.12. The molecule has 0 saturated carbocycles. The molecule has 0 unspecified atom stereocenters. The highest BCUT2D eigenvalue weighted by Gasteiger charge is 2.35. The van der Waals surface area contributed by atoms with Gasteiger partial charge in [0, 0.05) is 3.57 Å². The Morgan fingerprint density at radius 2 is 1.68 bits per heavy atom. The second kappa shape index (κ2) is 10.2. The summed E-state index contributed by atoms with van der Waals surface area (Å²) in [5.41, 5.74) is 1.38. The maximum atomic E-state index is 12.8. The van der Waals surface area contributed by atoms with E-state index in [2.05, 4.69) is 22.6 Å². The molecular weight excluding hydrogens is 589 g/mol. The fourth-order valence-corrected chi connectivity index (χ4v) is 5.25. The van der Waals surface area contributed by atoms with E-state index in [4.69, 9.17) is 8.92 Å². The average Bonchev–Trinajstić information content (AvgIpc) is 3.07. The highest BCUT2D eigenvalue weighted by atomic mass is 127. The van der Waals surface area contributed by atoms with E-state index in [-0.39, 0.29) is 27.3 Å². The van der Waals surface area contributed by atoms with E-state index < -0.39 is 16.0 Å². The van der Waals surface area contributed by atoms with Crippen molar-refractivity contribution in [3.8, 4) is 11.5 Å². The van der Waals surface area contributed by atoms with Crippen molar-refractivity contribution >= 4 is 61.7 Å². The molecule has 7 nitrogen and oxygen atoms in total. The average molecular weight is 607 g/mol. The van der Waals surface area contributed by atoms with Gasteiger partial charge in [0.2, 0.25) is 0 Å². The number of nitrogens with zero attached hydrogens (tertiary/aromatic N) is 1. The molecule has 3 aromatic carbocycles. The van der Waals surface area contributed by atoms with Crippen LogP contribution in [0.2, 0.25) is 0 Å². The topological polar surface area (TPSA) is 90.0 Å². The van der Waals surface area contributed by atoms with Crippen LogP contribution in [0.25, 0.3) is 6.08 Å². The van der Waals surface area contributed by atoms with Crippen LogP contribution >= 0.6 is 34.4 Å². The molecule has 1 fully saturated rings. The molecule has 1 saturated heterocycles. The Kier molecular flexibility index (Phi) is 7.29. The van der Waals surface area contributed by atoms with Crippen LogP contribution in [-0.4, -0.2) is 31.6 Å².